The smallest absolute Gasteiger partial charge is 0.246 e. The minimum atomic E-state index is -3.82. The minimum absolute atomic E-state index is 0.246. The molecule has 106 valence electrons. The topological polar surface area (TPSA) is 57.6 Å². The fourth-order valence-corrected chi connectivity index (χ4v) is 4.31. The van der Waals surface area contributed by atoms with E-state index in [1.54, 1.807) is 6.92 Å². The van der Waals surface area contributed by atoms with E-state index in [0.29, 0.717) is 19.4 Å². The highest BCUT2D eigenvalue weighted by atomic mass is 32.2. The Kier molecular flexibility index (Phi) is 4.23. The quantitative estimate of drug-likeness (QED) is 0.918. The molecule has 1 aromatic carbocycles. The number of hydrogen-bond acceptors (Lipinski definition) is 3. The van der Waals surface area contributed by atoms with Gasteiger partial charge in [0.2, 0.25) is 10.0 Å². The molecule has 19 heavy (non-hydrogen) atoms. The largest absolute Gasteiger partial charge is 0.393 e. The van der Waals surface area contributed by atoms with E-state index in [1.807, 2.05) is 0 Å². The lowest BCUT2D eigenvalue weighted by Gasteiger charge is -2.25. The van der Waals surface area contributed by atoms with Crippen molar-refractivity contribution in [1.82, 2.24) is 4.31 Å². The summed E-state index contributed by atoms with van der Waals surface area (Å²) in [6.45, 7) is 2.01. The molecule has 1 heterocycles. The van der Waals surface area contributed by atoms with E-state index in [2.05, 4.69) is 0 Å². The normalized spacial score (nSPS) is 22.6. The Morgan fingerprint density at radius 3 is 2.79 bits per heavy atom. The van der Waals surface area contributed by atoms with Gasteiger partial charge >= 0.3 is 0 Å². The monoisotopic (exact) mass is 287 g/mol. The molecule has 0 aliphatic carbocycles. The summed E-state index contributed by atoms with van der Waals surface area (Å²) in [5.74, 6) is -0.731. The summed E-state index contributed by atoms with van der Waals surface area (Å²) in [7, 11) is -3.82. The summed E-state index contributed by atoms with van der Waals surface area (Å²) < 4.78 is 39.9. The molecule has 6 heteroatoms. The molecule has 0 saturated carbocycles. The van der Waals surface area contributed by atoms with Gasteiger partial charge in [0, 0.05) is 12.6 Å². The van der Waals surface area contributed by atoms with Crippen molar-refractivity contribution in [1.29, 1.82) is 0 Å². The molecule has 0 bridgehead atoms. The van der Waals surface area contributed by atoms with Crippen molar-refractivity contribution in [3.8, 4) is 0 Å². The van der Waals surface area contributed by atoms with Crippen LogP contribution in [0.15, 0.2) is 29.2 Å². The lowest BCUT2D eigenvalue weighted by atomic mass is 10.1. The van der Waals surface area contributed by atoms with Crippen molar-refractivity contribution >= 4 is 10.0 Å². The molecular formula is C13H18FNO3S. The number of aliphatic hydroxyl groups is 1. The molecule has 0 amide bonds. The van der Waals surface area contributed by atoms with Gasteiger partial charge in [-0.1, -0.05) is 12.1 Å². The highest BCUT2D eigenvalue weighted by Crippen LogP contribution is 2.29. The standard InChI is InChI=1S/C13H18FNO3S/c1-10(16)9-11-5-4-8-15(11)19(17,18)13-7-3-2-6-12(13)14/h2-3,6-7,10-11,16H,4-5,8-9H2,1H3. The second-order valence-corrected chi connectivity index (χ2v) is 6.79. The summed E-state index contributed by atoms with van der Waals surface area (Å²) in [6.07, 6.45) is 1.26. The van der Waals surface area contributed by atoms with Gasteiger partial charge in [-0.3, -0.25) is 0 Å². The average molecular weight is 287 g/mol. The van der Waals surface area contributed by atoms with E-state index in [9.17, 15) is 17.9 Å². The molecule has 1 saturated heterocycles. The molecule has 1 aromatic rings. The fraction of sp³-hybridized carbons (Fsp3) is 0.538. The van der Waals surface area contributed by atoms with Crippen LogP contribution in [0.5, 0.6) is 0 Å². The van der Waals surface area contributed by atoms with Crippen LogP contribution in [0.4, 0.5) is 4.39 Å². The third-order valence-corrected chi connectivity index (χ3v) is 5.34. The molecule has 1 aliphatic heterocycles. The minimum Gasteiger partial charge on any atom is -0.393 e. The molecule has 0 aromatic heterocycles. The summed E-state index contributed by atoms with van der Waals surface area (Å²) in [4.78, 5) is -0.285. The number of sulfonamides is 1. The number of hydrogen-bond donors (Lipinski definition) is 1. The van der Waals surface area contributed by atoms with Gasteiger partial charge in [-0.25, -0.2) is 12.8 Å². The second kappa shape index (κ2) is 5.56. The van der Waals surface area contributed by atoms with Gasteiger partial charge in [0.1, 0.15) is 10.7 Å². The zero-order chi connectivity index (χ0) is 14.0. The predicted octanol–water partition coefficient (Wildman–Crippen LogP) is 1.75. The lowest BCUT2D eigenvalue weighted by Crippen LogP contribution is -2.37. The summed E-state index contributed by atoms with van der Waals surface area (Å²) in [6, 6.07) is 5.15. The molecule has 0 spiro atoms. The van der Waals surface area contributed by atoms with Gasteiger partial charge in [-0.05, 0) is 38.3 Å². The Labute approximate surface area is 112 Å². The van der Waals surface area contributed by atoms with Crippen LogP contribution in [-0.2, 0) is 10.0 Å². The van der Waals surface area contributed by atoms with Gasteiger partial charge in [0.15, 0.2) is 0 Å². The van der Waals surface area contributed by atoms with Crippen LogP contribution in [0, 0.1) is 5.82 Å². The highest BCUT2D eigenvalue weighted by Gasteiger charge is 2.36. The van der Waals surface area contributed by atoms with Crippen molar-refractivity contribution < 1.29 is 17.9 Å². The van der Waals surface area contributed by atoms with Crippen molar-refractivity contribution in [2.75, 3.05) is 6.54 Å². The maximum Gasteiger partial charge on any atom is 0.246 e. The molecule has 2 atom stereocenters. The number of aliphatic hydroxyl groups excluding tert-OH is 1. The third-order valence-electron chi connectivity index (χ3n) is 3.36. The third kappa shape index (κ3) is 2.96. The molecular weight excluding hydrogens is 269 g/mol. The van der Waals surface area contributed by atoms with E-state index >= 15 is 0 Å². The number of rotatable bonds is 4. The van der Waals surface area contributed by atoms with Crippen molar-refractivity contribution in [3.63, 3.8) is 0 Å². The Bertz CT molecular complexity index is 545. The first-order chi connectivity index (χ1) is 8.93. The van der Waals surface area contributed by atoms with Gasteiger partial charge in [-0.15, -0.1) is 0 Å². The maximum absolute atomic E-state index is 13.7. The summed E-state index contributed by atoms with van der Waals surface area (Å²) >= 11 is 0. The Hall–Kier alpha value is -0.980. The molecule has 2 unspecified atom stereocenters. The van der Waals surface area contributed by atoms with Gasteiger partial charge < -0.3 is 5.11 Å². The van der Waals surface area contributed by atoms with E-state index < -0.39 is 21.9 Å². The molecule has 4 nitrogen and oxygen atoms in total. The van der Waals surface area contributed by atoms with E-state index in [4.69, 9.17) is 0 Å². The maximum atomic E-state index is 13.7. The van der Waals surface area contributed by atoms with Gasteiger partial charge in [0.25, 0.3) is 0 Å². The van der Waals surface area contributed by atoms with Crippen LogP contribution in [0.2, 0.25) is 0 Å². The first-order valence-electron chi connectivity index (χ1n) is 6.37. The Balaban J connectivity index is 2.32. The Morgan fingerprint density at radius 2 is 2.16 bits per heavy atom. The number of nitrogens with zero attached hydrogens (tertiary/aromatic N) is 1. The predicted molar refractivity (Wildman–Crippen MR) is 69.6 cm³/mol. The Morgan fingerprint density at radius 1 is 1.47 bits per heavy atom. The molecule has 2 rings (SSSR count). The SMILES string of the molecule is CC(O)CC1CCCN1S(=O)(=O)c1ccccc1F. The van der Waals surface area contributed by atoms with Crippen molar-refractivity contribution in [2.45, 2.75) is 43.2 Å². The molecule has 0 radical (unpaired) electrons. The number of halogens is 1. The molecule has 1 aliphatic rings. The fourth-order valence-electron chi connectivity index (χ4n) is 2.54. The van der Waals surface area contributed by atoms with Crippen LogP contribution in [0.25, 0.3) is 0 Å². The van der Waals surface area contributed by atoms with E-state index in [0.717, 1.165) is 12.5 Å². The first-order valence-corrected chi connectivity index (χ1v) is 7.81. The average Bonchev–Trinajstić information content (AvgIpc) is 2.77. The van der Waals surface area contributed by atoms with Crippen LogP contribution in [0.1, 0.15) is 26.2 Å². The van der Waals surface area contributed by atoms with Crippen molar-refractivity contribution in [2.24, 2.45) is 0 Å². The lowest BCUT2D eigenvalue weighted by molar-refractivity contribution is 0.158. The first kappa shape index (κ1) is 14.4. The van der Waals surface area contributed by atoms with E-state index in [1.165, 1.54) is 22.5 Å². The second-order valence-electron chi connectivity index (χ2n) is 4.93. The van der Waals surface area contributed by atoms with E-state index in [-0.39, 0.29) is 10.9 Å². The number of benzene rings is 1. The summed E-state index contributed by atoms with van der Waals surface area (Å²) in [5.41, 5.74) is 0. The van der Waals surface area contributed by atoms with Gasteiger partial charge in [0.05, 0.1) is 6.10 Å². The van der Waals surface area contributed by atoms with Crippen LogP contribution < -0.4 is 0 Å². The van der Waals surface area contributed by atoms with Gasteiger partial charge in [-0.2, -0.15) is 4.31 Å². The molecule has 1 fully saturated rings. The summed E-state index contributed by atoms with van der Waals surface area (Å²) in [5, 5.41) is 9.43. The van der Waals surface area contributed by atoms with Crippen LogP contribution >= 0.6 is 0 Å². The highest BCUT2D eigenvalue weighted by molar-refractivity contribution is 7.89. The van der Waals surface area contributed by atoms with Crippen molar-refractivity contribution in [3.05, 3.63) is 30.1 Å². The molecule has 1 N–H and O–H groups in total. The van der Waals surface area contributed by atoms with Crippen LogP contribution in [0.3, 0.4) is 0 Å². The zero-order valence-electron chi connectivity index (χ0n) is 10.8. The van der Waals surface area contributed by atoms with Crippen LogP contribution in [-0.4, -0.2) is 36.5 Å². The zero-order valence-corrected chi connectivity index (χ0v) is 11.6.